The summed E-state index contributed by atoms with van der Waals surface area (Å²) in [4.78, 5) is 0. The third kappa shape index (κ3) is 3.94. The van der Waals surface area contributed by atoms with E-state index in [0.29, 0.717) is 5.04 Å². The summed E-state index contributed by atoms with van der Waals surface area (Å²) < 4.78 is 0. The number of fused-ring (bicyclic) bond motifs is 1. The van der Waals surface area contributed by atoms with Crippen LogP contribution in [0.15, 0.2) is 12.1 Å². The van der Waals surface area contributed by atoms with Crippen LogP contribution in [0.1, 0.15) is 50.3 Å². The van der Waals surface area contributed by atoms with Gasteiger partial charge in [-0.3, -0.25) is 0 Å². The molecule has 0 saturated carbocycles. The van der Waals surface area contributed by atoms with Gasteiger partial charge >= 0.3 is 21.7 Å². The van der Waals surface area contributed by atoms with Crippen molar-refractivity contribution in [3.05, 3.63) is 28.8 Å². The van der Waals surface area contributed by atoms with Crippen molar-refractivity contribution in [2.75, 3.05) is 0 Å². The second kappa shape index (κ2) is 5.75. The SMILES string of the molecule is CC(C)(C)[Si]Cc1cc2c([cH-]1)CCCC2.[Ti+2]. The van der Waals surface area contributed by atoms with E-state index in [1.54, 1.807) is 16.7 Å². The molecule has 0 aliphatic heterocycles. The Hall–Kier alpha value is 0.281. The molecule has 16 heavy (non-hydrogen) atoms. The zero-order valence-electron chi connectivity index (χ0n) is 10.7. The molecular weight excluding hydrogens is 244 g/mol. The average Bonchev–Trinajstić information content (AvgIpc) is 2.56. The maximum atomic E-state index is 2.47. The predicted octanol–water partition coefficient (Wildman–Crippen LogP) is 3.70. The van der Waals surface area contributed by atoms with Gasteiger partial charge in [0.2, 0.25) is 0 Å². The van der Waals surface area contributed by atoms with Gasteiger partial charge in [-0.2, -0.15) is 22.8 Å². The zero-order valence-corrected chi connectivity index (χ0v) is 13.3. The van der Waals surface area contributed by atoms with Crippen LogP contribution in [0, 0.1) is 0 Å². The molecule has 0 atom stereocenters. The van der Waals surface area contributed by atoms with Gasteiger partial charge in [0.1, 0.15) is 0 Å². The molecule has 0 spiro atoms. The zero-order chi connectivity index (χ0) is 10.9. The fourth-order valence-electron chi connectivity index (χ4n) is 2.24. The Labute approximate surface area is 117 Å². The van der Waals surface area contributed by atoms with Crippen LogP contribution in [0.4, 0.5) is 0 Å². The first-order valence-corrected chi connectivity index (χ1v) is 7.28. The molecule has 0 aromatic heterocycles. The third-order valence-corrected chi connectivity index (χ3v) is 4.74. The molecule has 2 heteroatoms. The van der Waals surface area contributed by atoms with Crippen LogP contribution in [-0.4, -0.2) is 9.52 Å². The number of hydrogen-bond donors (Lipinski definition) is 0. The number of hydrogen-bond acceptors (Lipinski definition) is 0. The van der Waals surface area contributed by atoms with Crippen LogP contribution in [0.25, 0.3) is 0 Å². The van der Waals surface area contributed by atoms with Gasteiger partial charge in [0.15, 0.2) is 0 Å². The Bertz CT molecular complexity index is 309. The Morgan fingerprint density at radius 3 is 2.56 bits per heavy atom. The van der Waals surface area contributed by atoms with Crippen molar-refractivity contribution in [3.63, 3.8) is 0 Å². The summed E-state index contributed by atoms with van der Waals surface area (Å²) >= 11 is 0. The molecule has 1 aromatic rings. The van der Waals surface area contributed by atoms with Crippen LogP contribution >= 0.6 is 0 Å². The molecule has 1 aromatic carbocycles. The normalized spacial score (nSPS) is 15.4. The summed E-state index contributed by atoms with van der Waals surface area (Å²) in [5.41, 5.74) is 4.89. The number of aryl methyl sites for hydroxylation is 2. The van der Waals surface area contributed by atoms with Gasteiger partial charge in [0.25, 0.3) is 0 Å². The summed E-state index contributed by atoms with van der Waals surface area (Å²) in [5.74, 6) is 0. The second-order valence-corrected chi connectivity index (χ2v) is 7.93. The molecule has 0 amide bonds. The maximum absolute atomic E-state index is 2.47. The Morgan fingerprint density at radius 1 is 1.25 bits per heavy atom. The minimum Gasteiger partial charge on any atom is -0.207 e. The van der Waals surface area contributed by atoms with Crippen molar-refractivity contribution in [2.45, 2.75) is 57.5 Å². The van der Waals surface area contributed by atoms with Crippen LogP contribution < -0.4 is 0 Å². The summed E-state index contributed by atoms with van der Waals surface area (Å²) in [5, 5.41) is 0.498. The largest absolute Gasteiger partial charge is 2.00 e. The van der Waals surface area contributed by atoms with Crippen molar-refractivity contribution in [3.8, 4) is 0 Å². The van der Waals surface area contributed by atoms with E-state index in [-0.39, 0.29) is 21.7 Å². The molecule has 1 aliphatic rings. The van der Waals surface area contributed by atoms with Crippen LogP contribution in [0.5, 0.6) is 0 Å². The van der Waals surface area contributed by atoms with Crippen LogP contribution in [0.2, 0.25) is 5.04 Å². The molecule has 0 heterocycles. The van der Waals surface area contributed by atoms with E-state index in [1.807, 2.05) is 0 Å². The van der Waals surface area contributed by atoms with Crippen molar-refractivity contribution in [1.29, 1.82) is 0 Å². The Morgan fingerprint density at radius 2 is 1.94 bits per heavy atom. The van der Waals surface area contributed by atoms with Crippen molar-refractivity contribution >= 4 is 9.52 Å². The van der Waals surface area contributed by atoms with E-state index in [1.165, 1.54) is 31.7 Å². The van der Waals surface area contributed by atoms with E-state index >= 15 is 0 Å². The van der Waals surface area contributed by atoms with Gasteiger partial charge in [0, 0.05) is 9.52 Å². The molecule has 0 saturated heterocycles. The molecular formula is C14H21SiTi+. The smallest absolute Gasteiger partial charge is 0.207 e. The van der Waals surface area contributed by atoms with Crippen molar-refractivity contribution in [2.24, 2.45) is 0 Å². The summed E-state index contributed by atoms with van der Waals surface area (Å²) in [7, 11) is 1.05. The molecule has 84 valence electrons. The quantitative estimate of drug-likeness (QED) is 0.565. The van der Waals surface area contributed by atoms with Gasteiger partial charge < -0.3 is 0 Å². The van der Waals surface area contributed by atoms with Gasteiger partial charge in [-0.15, -0.1) is 0 Å². The van der Waals surface area contributed by atoms with E-state index in [9.17, 15) is 0 Å². The predicted molar refractivity (Wildman–Crippen MR) is 67.9 cm³/mol. The Kier molecular flexibility index (Phi) is 5.15. The van der Waals surface area contributed by atoms with E-state index < -0.39 is 0 Å². The van der Waals surface area contributed by atoms with Gasteiger partial charge in [-0.1, -0.05) is 52.5 Å². The fourth-order valence-corrected chi connectivity index (χ4v) is 3.18. The fraction of sp³-hybridized carbons (Fsp3) is 0.643. The van der Waals surface area contributed by atoms with Crippen molar-refractivity contribution in [1.82, 2.24) is 0 Å². The molecule has 0 N–H and O–H groups in total. The summed E-state index contributed by atoms with van der Waals surface area (Å²) in [6, 6.07) is 6.22. The van der Waals surface area contributed by atoms with E-state index in [4.69, 9.17) is 0 Å². The van der Waals surface area contributed by atoms with Crippen LogP contribution in [0.3, 0.4) is 0 Å². The average molecular weight is 265 g/mol. The molecule has 0 fully saturated rings. The first-order valence-electron chi connectivity index (χ1n) is 6.07. The van der Waals surface area contributed by atoms with E-state index in [2.05, 4.69) is 32.9 Å². The Balaban J connectivity index is 0.00000128. The standard InChI is InChI=1S/C14H21Si.Ti/c1-14(2,3)15-10-11-8-12-6-4-5-7-13(12)9-11;/h8-9H,4-7,10H2,1-3H3;/q-1;+2. The van der Waals surface area contributed by atoms with Gasteiger partial charge in [0.05, 0.1) is 0 Å². The molecule has 0 bridgehead atoms. The summed E-state index contributed by atoms with van der Waals surface area (Å²) in [6.07, 6.45) is 5.46. The third-order valence-electron chi connectivity index (χ3n) is 3.10. The first kappa shape index (κ1) is 14.3. The number of rotatable bonds is 2. The monoisotopic (exact) mass is 265 g/mol. The minimum absolute atomic E-state index is 0. The summed E-state index contributed by atoms with van der Waals surface area (Å²) in [6.45, 7) is 7.02. The second-order valence-electron chi connectivity index (χ2n) is 5.72. The molecule has 2 radical (unpaired) electrons. The van der Waals surface area contributed by atoms with Crippen LogP contribution in [-0.2, 0) is 40.6 Å². The topological polar surface area (TPSA) is 0 Å². The molecule has 1 aliphatic carbocycles. The van der Waals surface area contributed by atoms with Crippen molar-refractivity contribution < 1.29 is 21.7 Å². The van der Waals surface area contributed by atoms with E-state index in [0.717, 1.165) is 9.52 Å². The minimum atomic E-state index is 0. The van der Waals surface area contributed by atoms with Gasteiger partial charge in [-0.05, 0) is 5.04 Å². The first-order chi connectivity index (χ1) is 7.04. The molecule has 0 nitrogen and oxygen atoms in total. The maximum Gasteiger partial charge on any atom is 2.00 e. The molecule has 2 rings (SSSR count). The molecule has 0 unspecified atom stereocenters. The van der Waals surface area contributed by atoms with Gasteiger partial charge in [-0.25, -0.2) is 6.07 Å².